The smallest absolute Gasteiger partial charge is 0.226 e. The van der Waals surface area contributed by atoms with Crippen molar-refractivity contribution in [2.45, 2.75) is 19.3 Å². The number of halogens is 3. The van der Waals surface area contributed by atoms with Crippen molar-refractivity contribution in [3.8, 4) is 0 Å². The van der Waals surface area contributed by atoms with Crippen LogP contribution in [0.4, 0.5) is 10.1 Å². The third kappa shape index (κ3) is 4.04. The summed E-state index contributed by atoms with van der Waals surface area (Å²) >= 11 is 0. The minimum atomic E-state index is -0.205. The van der Waals surface area contributed by atoms with E-state index in [9.17, 15) is 9.18 Å². The molecular formula is C18H26Cl2FN3O. The van der Waals surface area contributed by atoms with Gasteiger partial charge in [-0.3, -0.25) is 4.79 Å². The highest BCUT2D eigenvalue weighted by Gasteiger charge is 2.58. The standard InChI is InChI=1S/C18H24FN3O.2ClH/c19-14-1-3-15(4-2-14)21-9-11-22(12-10-21)17(23)16-13-18(16)5-7-20-8-6-18;;/h1-4,16,20H,5-13H2;2*1H. The Labute approximate surface area is 160 Å². The van der Waals surface area contributed by atoms with Crippen molar-refractivity contribution in [3.05, 3.63) is 30.1 Å². The van der Waals surface area contributed by atoms with E-state index in [0.29, 0.717) is 11.3 Å². The normalized spacial score (nSPS) is 24.3. The lowest BCUT2D eigenvalue weighted by Crippen LogP contribution is -2.49. The molecular weight excluding hydrogens is 364 g/mol. The maximum Gasteiger partial charge on any atom is 0.226 e. The van der Waals surface area contributed by atoms with E-state index < -0.39 is 0 Å². The van der Waals surface area contributed by atoms with Crippen molar-refractivity contribution < 1.29 is 9.18 Å². The highest BCUT2D eigenvalue weighted by Crippen LogP contribution is 2.59. The summed E-state index contributed by atoms with van der Waals surface area (Å²) in [6, 6.07) is 6.63. The van der Waals surface area contributed by atoms with Crippen molar-refractivity contribution in [2.24, 2.45) is 11.3 Å². The first-order chi connectivity index (χ1) is 11.2. The van der Waals surface area contributed by atoms with Gasteiger partial charge in [-0.25, -0.2) is 4.39 Å². The SMILES string of the molecule is Cl.Cl.O=C(C1CC12CCNCC2)N1CCN(c2ccc(F)cc2)CC1. The van der Waals surface area contributed by atoms with Crippen molar-refractivity contribution in [3.63, 3.8) is 0 Å². The number of piperazine rings is 1. The zero-order valence-electron chi connectivity index (χ0n) is 14.2. The maximum atomic E-state index is 13.0. The van der Waals surface area contributed by atoms with Crippen LogP contribution in [0.2, 0.25) is 0 Å². The molecule has 2 heterocycles. The van der Waals surface area contributed by atoms with Gasteiger partial charge >= 0.3 is 0 Å². The predicted molar refractivity (Wildman–Crippen MR) is 102 cm³/mol. The number of nitrogens with zero attached hydrogens (tertiary/aromatic N) is 2. The fourth-order valence-electron chi connectivity index (χ4n) is 4.23. The Morgan fingerprint density at radius 2 is 1.64 bits per heavy atom. The number of hydrogen-bond donors (Lipinski definition) is 1. The number of piperidine rings is 1. The molecule has 0 aromatic heterocycles. The molecule has 140 valence electrons. The Morgan fingerprint density at radius 3 is 2.24 bits per heavy atom. The average Bonchev–Trinajstić information content (AvgIpc) is 3.28. The highest BCUT2D eigenvalue weighted by molar-refractivity contribution is 5.85. The number of rotatable bonds is 2. The van der Waals surface area contributed by atoms with Crippen LogP contribution in [0.25, 0.3) is 0 Å². The van der Waals surface area contributed by atoms with Gasteiger partial charge in [0.05, 0.1) is 0 Å². The van der Waals surface area contributed by atoms with Crippen molar-refractivity contribution in [2.75, 3.05) is 44.2 Å². The second kappa shape index (κ2) is 8.11. The van der Waals surface area contributed by atoms with Crippen LogP contribution < -0.4 is 10.2 Å². The summed E-state index contributed by atoms with van der Waals surface area (Å²) in [7, 11) is 0. The van der Waals surface area contributed by atoms with E-state index in [1.807, 2.05) is 17.0 Å². The van der Waals surface area contributed by atoms with Crippen LogP contribution in [0.15, 0.2) is 24.3 Å². The van der Waals surface area contributed by atoms with Gasteiger partial charge < -0.3 is 15.1 Å². The summed E-state index contributed by atoms with van der Waals surface area (Å²) in [6.45, 7) is 5.34. The van der Waals surface area contributed by atoms with E-state index in [0.717, 1.165) is 64.2 Å². The summed E-state index contributed by atoms with van der Waals surface area (Å²) in [4.78, 5) is 17.0. The summed E-state index contributed by atoms with van der Waals surface area (Å²) in [5.41, 5.74) is 1.36. The fraction of sp³-hybridized carbons (Fsp3) is 0.611. The van der Waals surface area contributed by atoms with Gasteiger partial charge in [-0.05, 0) is 62.0 Å². The van der Waals surface area contributed by atoms with E-state index in [1.54, 1.807) is 0 Å². The van der Waals surface area contributed by atoms with Crippen LogP contribution >= 0.6 is 24.8 Å². The molecule has 7 heteroatoms. The third-order valence-electron chi connectivity index (χ3n) is 5.87. The number of carbonyl (C=O) groups excluding carboxylic acids is 1. The van der Waals surface area contributed by atoms with Crippen molar-refractivity contribution in [1.29, 1.82) is 0 Å². The molecule has 3 fully saturated rings. The van der Waals surface area contributed by atoms with Crippen LogP contribution in [0.1, 0.15) is 19.3 Å². The van der Waals surface area contributed by atoms with E-state index in [4.69, 9.17) is 0 Å². The molecule has 2 aliphatic heterocycles. The molecule has 1 aromatic rings. The number of nitrogens with one attached hydrogen (secondary N) is 1. The highest BCUT2D eigenvalue weighted by atomic mass is 35.5. The molecule has 25 heavy (non-hydrogen) atoms. The zero-order valence-corrected chi connectivity index (χ0v) is 15.9. The van der Waals surface area contributed by atoms with E-state index in [2.05, 4.69) is 10.2 Å². The first-order valence-electron chi connectivity index (χ1n) is 8.68. The molecule has 3 aliphatic rings. The average molecular weight is 390 g/mol. The molecule has 4 rings (SSSR count). The van der Waals surface area contributed by atoms with Crippen molar-refractivity contribution >= 4 is 36.4 Å². The van der Waals surface area contributed by atoms with Gasteiger partial charge in [0.15, 0.2) is 0 Å². The summed E-state index contributed by atoms with van der Waals surface area (Å²) < 4.78 is 13.0. The number of carbonyl (C=O) groups is 1. The molecule has 4 nitrogen and oxygen atoms in total. The van der Waals surface area contributed by atoms with E-state index in [1.165, 1.54) is 12.1 Å². The first-order valence-corrected chi connectivity index (χ1v) is 8.68. The summed E-state index contributed by atoms with van der Waals surface area (Å²) in [6.07, 6.45) is 3.39. The van der Waals surface area contributed by atoms with Gasteiger partial charge in [-0.2, -0.15) is 0 Å². The predicted octanol–water partition coefficient (Wildman–Crippen LogP) is 2.71. The van der Waals surface area contributed by atoms with Crippen LogP contribution in [-0.2, 0) is 4.79 Å². The molecule has 1 spiro atoms. The lowest BCUT2D eigenvalue weighted by Gasteiger charge is -2.37. The molecule has 1 aromatic carbocycles. The largest absolute Gasteiger partial charge is 0.368 e. The van der Waals surface area contributed by atoms with Gasteiger partial charge in [0, 0.05) is 37.8 Å². The lowest BCUT2D eigenvalue weighted by atomic mass is 9.91. The number of anilines is 1. The molecule has 1 saturated carbocycles. The first kappa shape index (κ1) is 20.3. The second-order valence-electron chi connectivity index (χ2n) is 7.16. The Balaban J connectivity index is 0.00000113. The fourth-order valence-corrected chi connectivity index (χ4v) is 4.23. The van der Waals surface area contributed by atoms with Crippen LogP contribution in [0.3, 0.4) is 0 Å². The van der Waals surface area contributed by atoms with Crippen LogP contribution in [0.5, 0.6) is 0 Å². The molecule has 0 bridgehead atoms. The van der Waals surface area contributed by atoms with Crippen LogP contribution in [-0.4, -0.2) is 50.1 Å². The van der Waals surface area contributed by atoms with Gasteiger partial charge in [-0.15, -0.1) is 24.8 Å². The molecule has 1 unspecified atom stereocenters. The van der Waals surface area contributed by atoms with Crippen LogP contribution in [0, 0.1) is 17.2 Å². The maximum absolute atomic E-state index is 13.0. The number of amides is 1. The monoisotopic (exact) mass is 389 g/mol. The lowest BCUT2D eigenvalue weighted by molar-refractivity contribution is -0.133. The van der Waals surface area contributed by atoms with Gasteiger partial charge in [0.1, 0.15) is 5.82 Å². The van der Waals surface area contributed by atoms with E-state index in [-0.39, 0.29) is 36.5 Å². The Kier molecular flexibility index (Phi) is 6.57. The van der Waals surface area contributed by atoms with Gasteiger partial charge in [-0.1, -0.05) is 0 Å². The van der Waals surface area contributed by atoms with Gasteiger partial charge in [0.25, 0.3) is 0 Å². The quantitative estimate of drug-likeness (QED) is 0.844. The minimum absolute atomic E-state index is 0. The summed E-state index contributed by atoms with van der Waals surface area (Å²) in [5.74, 6) is 0.427. The topological polar surface area (TPSA) is 35.6 Å². The van der Waals surface area contributed by atoms with Crippen molar-refractivity contribution in [1.82, 2.24) is 10.2 Å². The number of hydrogen-bond acceptors (Lipinski definition) is 3. The Bertz CT molecular complexity index is 584. The molecule has 1 N–H and O–H groups in total. The third-order valence-corrected chi connectivity index (χ3v) is 5.87. The van der Waals surface area contributed by atoms with E-state index >= 15 is 0 Å². The zero-order chi connectivity index (χ0) is 15.9. The summed E-state index contributed by atoms with van der Waals surface area (Å²) in [5, 5.41) is 3.39. The molecule has 0 radical (unpaired) electrons. The minimum Gasteiger partial charge on any atom is -0.368 e. The van der Waals surface area contributed by atoms with Gasteiger partial charge in [0.2, 0.25) is 5.91 Å². The Hall–Kier alpha value is -1.04. The number of benzene rings is 1. The Morgan fingerprint density at radius 1 is 1.04 bits per heavy atom. The molecule has 1 amide bonds. The molecule has 2 saturated heterocycles. The second-order valence-corrected chi connectivity index (χ2v) is 7.16. The molecule has 1 atom stereocenters. The molecule has 1 aliphatic carbocycles.